The molecule has 0 spiro atoms. The summed E-state index contributed by atoms with van der Waals surface area (Å²) in [5.41, 5.74) is 1.08. The lowest BCUT2D eigenvalue weighted by atomic mass is 10.1. The minimum atomic E-state index is -0.512. The van der Waals surface area contributed by atoms with Crippen molar-refractivity contribution in [3.05, 3.63) is 27.5 Å². The Balaban J connectivity index is 3.39. The molecule has 0 fully saturated rings. The zero-order valence-electron chi connectivity index (χ0n) is 7.40. The molecule has 0 radical (unpaired) electrons. The first-order valence-electron chi connectivity index (χ1n) is 3.74. The van der Waals surface area contributed by atoms with Gasteiger partial charge in [0, 0.05) is 5.56 Å². The molecule has 4 heteroatoms. The van der Waals surface area contributed by atoms with Crippen LogP contribution in [0.3, 0.4) is 0 Å². The van der Waals surface area contributed by atoms with E-state index in [1.807, 2.05) is 6.92 Å². The van der Waals surface area contributed by atoms with Crippen LogP contribution >= 0.6 is 15.9 Å². The molecule has 1 aromatic rings. The summed E-state index contributed by atoms with van der Waals surface area (Å²) in [5, 5.41) is 8.84. The van der Waals surface area contributed by atoms with Crippen LogP contribution in [0.15, 0.2) is 10.5 Å². The first kappa shape index (κ1) is 10.5. The van der Waals surface area contributed by atoms with E-state index >= 15 is 0 Å². The van der Waals surface area contributed by atoms with Crippen molar-refractivity contribution >= 4 is 15.9 Å². The number of aliphatic hydroxyl groups excluding tert-OH is 1. The Labute approximate surface area is 84.5 Å². The summed E-state index contributed by atoms with van der Waals surface area (Å²) in [6, 6.07) is 1.59. The predicted molar refractivity (Wildman–Crippen MR) is 51.3 cm³/mol. The van der Waals surface area contributed by atoms with Crippen LogP contribution in [0.1, 0.15) is 11.1 Å². The van der Waals surface area contributed by atoms with Crippen molar-refractivity contribution in [2.24, 2.45) is 0 Å². The van der Waals surface area contributed by atoms with Crippen LogP contribution in [0, 0.1) is 12.7 Å². The van der Waals surface area contributed by atoms with Crippen LogP contribution in [-0.2, 0) is 6.61 Å². The first-order chi connectivity index (χ1) is 6.11. The largest absolute Gasteiger partial charge is 0.492 e. The fourth-order valence-electron chi connectivity index (χ4n) is 1.10. The zero-order valence-corrected chi connectivity index (χ0v) is 8.98. The molecule has 0 unspecified atom stereocenters. The maximum atomic E-state index is 13.4. The van der Waals surface area contributed by atoms with Crippen molar-refractivity contribution in [1.82, 2.24) is 0 Å². The number of aryl methyl sites for hydroxylation is 1. The highest BCUT2D eigenvalue weighted by Crippen LogP contribution is 2.33. The Morgan fingerprint density at radius 1 is 1.62 bits per heavy atom. The molecule has 0 aliphatic rings. The monoisotopic (exact) mass is 248 g/mol. The maximum absolute atomic E-state index is 13.4. The average Bonchev–Trinajstić information content (AvgIpc) is 2.12. The van der Waals surface area contributed by atoms with Crippen molar-refractivity contribution in [2.45, 2.75) is 13.5 Å². The third kappa shape index (κ3) is 1.84. The quantitative estimate of drug-likeness (QED) is 0.871. The van der Waals surface area contributed by atoms with E-state index in [1.165, 1.54) is 7.11 Å². The molecular formula is C9H10BrFO2. The highest BCUT2D eigenvalue weighted by atomic mass is 79.9. The van der Waals surface area contributed by atoms with Crippen LogP contribution in [0.2, 0.25) is 0 Å². The lowest BCUT2D eigenvalue weighted by Crippen LogP contribution is -1.98. The van der Waals surface area contributed by atoms with Gasteiger partial charge >= 0.3 is 0 Å². The van der Waals surface area contributed by atoms with Gasteiger partial charge in [0.2, 0.25) is 0 Å². The molecule has 0 aliphatic carbocycles. The maximum Gasteiger partial charge on any atom is 0.171 e. The molecule has 0 saturated carbocycles. The molecule has 0 aliphatic heterocycles. The lowest BCUT2D eigenvalue weighted by molar-refractivity contribution is 0.272. The molecule has 72 valence electrons. The molecule has 0 amide bonds. The molecule has 0 bridgehead atoms. The summed E-state index contributed by atoms with van der Waals surface area (Å²) in [6.07, 6.45) is 0. The van der Waals surface area contributed by atoms with Crippen molar-refractivity contribution in [1.29, 1.82) is 0 Å². The summed E-state index contributed by atoms with van der Waals surface area (Å²) in [6.45, 7) is 1.49. The van der Waals surface area contributed by atoms with Crippen molar-refractivity contribution in [2.75, 3.05) is 7.11 Å². The van der Waals surface area contributed by atoms with Crippen LogP contribution < -0.4 is 4.74 Å². The average molecular weight is 249 g/mol. The van der Waals surface area contributed by atoms with Gasteiger partial charge in [-0.05, 0) is 34.5 Å². The summed E-state index contributed by atoms with van der Waals surface area (Å²) < 4.78 is 18.9. The Hall–Kier alpha value is -0.610. The molecule has 2 nitrogen and oxygen atoms in total. The molecule has 0 heterocycles. The molecule has 0 saturated heterocycles. The number of ether oxygens (including phenoxy) is 1. The second-order valence-corrected chi connectivity index (χ2v) is 3.46. The van der Waals surface area contributed by atoms with E-state index in [0.29, 0.717) is 4.47 Å². The fourth-order valence-corrected chi connectivity index (χ4v) is 1.55. The van der Waals surface area contributed by atoms with E-state index in [4.69, 9.17) is 9.84 Å². The first-order valence-corrected chi connectivity index (χ1v) is 4.53. The van der Waals surface area contributed by atoms with Crippen LogP contribution in [-0.4, -0.2) is 12.2 Å². The van der Waals surface area contributed by atoms with Gasteiger partial charge in [-0.2, -0.15) is 0 Å². The van der Waals surface area contributed by atoms with Gasteiger partial charge < -0.3 is 9.84 Å². The van der Waals surface area contributed by atoms with Gasteiger partial charge in [-0.25, -0.2) is 4.39 Å². The number of halogens is 2. The van der Waals surface area contributed by atoms with E-state index in [-0.39, 0.29) is 17.9 Å². The van der Waals surface area contributed by atoms with E-state index in [1.54, 1.807) is 6.07 Å². The smallest absolute Gasteiger partial charge is 0.171 e. The lowest BCUT2D eigenvalue weighted by Gasteiger charge is -2.10. The van der Waals surface area contributed by atoms with E-state index in [0.717, 1.165) is 5.56 Å². The fraction of sp³-hybridized carbons (Fsp3) is 0.333. The van der Waals surface area contributed by atoms with Crippen molar-refractivity contribution in [3.63, 3.8) is 0 Å². The third-order valence-electron chi connectivity index (χ3n) is 1.79. The number of hydrogen-bond acceptors (Lipinski definition) is 2. The van der Waals surface area contributed by atoms with Crippen molar-refractivity contribution in [3.8, 4) is 5.75 Å². The minimum absolute atomic E-state index is 0.143. The molecule has 1 rings (SSSR count). The zero-order chi connectivity index (χ0) is 10.0. The number of rotatable bonds is 2. The second-order valence-electron chi connectivity index (χ2n) is 2.67. The van der Waals surface area contributed by atoms with E-state index in [9.17, 15) is 4.39 Å². The normalized spacial score (nSPS) is 10.2. The van der Waals surface area contributed by atoms with Gasteiger partial charge in [-0.1, -0.05) is 0 Å². The second kappa shape index (κ2) is 4.07. The number of benzene rings is 1. The van der Waals surface area contributed by atoms with Gasteiger partial charge in [0.15, 0.2) is 11.6 Å². The number of methoxy groups -OCH3 is 1. The Bertz CT molecular complexity index is 326. The van der Waals surface area contributed by atoms with E-state index < -0.39 is 5.82 Å². The van der Waals surface area contributed by atoms with Gasteiger partial charge in [0.1, 0.15) is 0 Å². The number of aliphatic hydroxyl groups is 1. The summed E-state index contributed by atoms with van der Waals surface area (Å²) in [4.78, 5) is 0. The SMILES string of the molecule is COc1c(F)c(CO)cc(C)c1Br. The molecule has 0 atom stereocenters. The standard InChI is InChI=1S/C9H10BrFO2/c1-5-3-6(4-12)8(11)9(13-2)7(5)10/h3,12H,4H2,1-2H3. The van der Waals surface area contributed by atoms with Gasteiger partial charge in [-0.15, -0.1) is 0 Å². The Morgan fingerprint density at radius 3 is 2.69 bits per heavy atom. The third-order valence-corrected chi connectivity index (χ3v) is 2.78. The summed E-state index contributed by atoms with van der Waals surface area (Å²) in [5.74, 6) is -0.369. The Kier molecular flexibility index (Phi) is 3.27. The highest BCUT2D eigenvalue weighted by molar-refractivity contribution is 9.10. The molecule has 1 N–H and O–H groups in total. The van der Waals surface area contributed by atoms with Gasteiger partial charge in [-0.3, -0.25) is 0 Å². The van der Waals surface area contributed by atoms with E-state index in [2.05, 4.69) is 15.9 Å². The van der Waals surface area contributed by atoms with Gasteiger partial charge in [0.05, 0.1) is 18.2 Å². The molecular weight excluding hydrogens is 239 g/mol. The van der Waals surface area contributed by atoms with Crippen molar-refractivity contribution < 1.29 is 14.2 Å². The predicted octanol–water partition coefficient (Wildman–Crippen LogP) is 2.40. The Morgan fingerprint density at radius 2 is 2.23 bits per heavy atom. The van der Waals surface area contributed by atoms with Gasteiger partial charge in [0.25, 0.3) is 0 Å². The molecule has 0 aromatic heterocycles. The van der Waals surface area contributed by atoms with Crippen LogP contribution in [0.25, 0.3) is 0 Å². The topological polar surface area (TPSA) is 29.5 Å². The minimum Gasteiger partial charge on any atom is -0.492 e. The molecule has 1 aromatic carbocycles. The summed E-state index contributed by atoms with van der Waals surface area (Å²) >= 11 is 3.21. The van der Waals surface area contributed by atoms with Crippen LogP contribution in [0.4, 0.5) is 4.39 Å². The molecule has 13 heavy (non-hydrogen) atoms. The number of hydrogen-bond donors (Lipinski definition) is 1. The highest BCUT2D eigenvalue weighted by Gasteiger charge is 2.14. The van der Waals surface area contributed by atoms with Crippen LogP contribution in [0.5, 0.6) is 5.75 Å². The summed E-state index contributed by atoms with van der Waals surface area (Å²) in [7, 11) is 1.39.